The molecule has 0 radical (unpaired) electrons. The highest BCUT2D eigenvalue weighted by atomic mass is 16.5. The number of aliphatic carboxylic acids is 1. The standard InChI is InChI=1S/C26H30N2O6/c1-15(2)23(25(30)31)28-24(29)22-12-11-16(34-22)13-27-26(32)33-14-21-19-9-5-3-7-17(19)18-8-4-6-10-20(18)21/h3-10,15-16,21-23H,11-14H2,1-2H3,(H,27,32)(H,28,29)(H,30,31)/t16?,22?,23-/m1/s1. The van der Waals surface area contributed by atoms with Crippen LogP contribution in [-0.2, 0) is 19.1 Å². The Morgan fingerprint density at radius 2 is 1.65 bits per heavy atom. The zero-order valence-electron chi connectivity index (χ0n) is 19.3. The Balaban J connectivity index is 1.25. The Morgan fingerprint density at radius 3 is 2.24 bits per heavy atom. The maximum Gasteiger partial charge on any atom is 0.407 e. The molecule has 0 aromatic heterocycles. The number of benzene rings is 2. The monoisotopic (exact) mass is 466 g/mol. The SMILES string of the molecule is CC(C)[C@@H](NC(=O)C1CCC(CNC(=O)OCC2c3ccccc3-c3ccccc32)O1)C(=O)O. The van der Waals surface area contributed by atoms with Crippen molar-refractivity contribution in [3.05, 3.63) is 59.7 Å². The summed E-state index contributed by atoms with van der Waals surface area (Å²) in [6.07, 6.45) is -0.549. The van der Waals surface area contributed by atoms with Gasteiger partial charge in [0.15, 0.2) is 0 Å². The molecule has 4 rings (SSSR count). The minimum absolute atomic E-state index is 0.0166. The van der Waals surface area contributed by atoms with Gasteiger partial charge in [-0.3, -0.25) is 4.79 Å². The number of ether oxygens (including phenoxy) is 2. The Bertz CT molecular complexity index is 1020. The highest BCUT2D eigenvalue weighted by Gasteiger charge is 2.34. The number of carbonyl (C=O) groups is 3. The van der Waals surface area contributed by atoms with Crippen molar-refractivity contribution in [1.29, 1.82) is 0 Å². The number of carboxylic acids is 1. The molecule has 1 aliphatic carbocycles. The van der Waals surface area contributed by atoms with Crippen LogP contribution >= 0.6 is 0 Å². The number of hydrogen-bond donors (Lipinski definition) is 3. The molecular formula is C26H30N2O6. The molecule has 0 spiro atoms. The van der Waals surface area contributed by atoms with Crippen LogP contribution in [-0.4, -0.2) is 54.5 Å². The minimum atomic E-state index is -1.07. The Hall–Kier alpha value is -3.39. The fourth-order valence-electron chi connectivity index (χ4n) is 4.66. The van der Waals surface area contributed by atoms with Gasteiger partial charge < -0.3 is 25.2 Å². The first-order valence-electron chi connectivity index (χ1n) is 11.6. The van der Waals surface area contributed by atoms with Crippen molar-refractivity contribution >= 4 is 18.0 Å². The van der Waals surface area contributed by atoms with E-state index < -0.39 is 30.1 Å². The summed E-state index contributed by atoms with van der Waals surface area (Å²) in [6, 6.07) is 15.3. The second-order valence-electron chi connectivity index (χ2n) is 9.10. The molecule has 1 fully saturated rings. The van der Waals surface area contributed by atoms with Crippen molar-refractivity contribution in [2.75, 3.05) is 13.2 Å². The number of hydrogen-bond acceptors (Lipinski definition) is 5. The van der Waals surface area contributed by atoms with E-state index in [-0.39, 0.29) is 31.1 Å². The zero-order chi connectivity index (χ0) is 24.2. The fraction of sp³-hybridized carbons (Fsp3) is 0.423. The molecule has 180 valence electrons. The van der Waals surface area contributed by atoms with Crippen molar-refractivity contribution in [3.8, 4) is 11.1 Å². The third kappa shape index (κ3) is 5.07. The van der Waals surface area contributed by atoms with E-state index in [0.29, 0.717) is 12.8 Å². The van der Waals surface area contributed by atoms with Gasteiger partial charge in [0.05, 0.1) is 6.10 Å². The van der Waals surface area contributed by atoms with Crippen LogP contribution in [0.15, 0.2) is 48.5 Å². The average molecular weight is 467 g/mol. The molecule has 2 aromatic carbocycles. The smallest absolute Gasteiger partial charge is 0.407 e. The van der Waals surface area contributed by atoms with Crippen LogP contribution in [0.3, 0.4) is 0 Å². The lowest BCUT2D eigenvalue weighted by molar-refractivity contribution is -0.145. The van der Waals surface area contributed by atoms with Gasteiger partial charge in [0.1, 0.15) is 18.8 Å². The molecule has 2 aromatic rings. The average Bonchev–Trinajstić information content (AvgIpc) is 3.42. The lowest BCUT2D eigenvalue weighted by atomic mass is 9.98. The summed E-state index contributed by atoms with van der Waals surface area (Å²) in [5, 5.41) is 14.5. The number of fused-ring (bicyclic) bond motifs is 3. The first kappa shape index (κ1) is 23.8. The van der Waals surface area contributed by atoms with Gasteiger partial charge in [-0.05, 0) is 41.0 Å². The highest BCUT2D eigenvalue weighted by molar-refractivity contribution is 5.86. The maximum atomic E-state index is 12.4. The molecule has 8 nitrogen and oxygen atoms in total. The van der Waals surface area contributed by atoms with E-state index >= 15 is 0 Å². The Labute approximate surface area is 198 Å². The van der Waals surface area contributed by atoms with E-state index in [1.54, 1.807) is 13.8 Å². The largest absolute Gasteiger partial charge is 0.480 e. The van der Waals surface area contributed by atoms with E-state index in [1.807, 2.05) is 24.3 Å². The third-order valence-electron chi connectivity index (χ3n) is 6.45. The molecule has 1 aliphatic heterocycles. The van der Waals surface area contributed by atoms with Crippen LogP contribution in [0.4, 0.5) is 4.79 Å². The topological polar surface area (TPSA) is 114 Å². The minimum Gasteiger partial charge on any atom is -0.480 e. The Morgan fingerprint density at radius 1 is 1.03 bits per heavy atom. The van der Waals surface area contributed by atoms with Gasteiger partial charge in [-0.15, -0.1) is 0 Å². The maximum absolute atomic E-state index is 12.4. The molecule has 2 unspecified atom stereocenters. The lowest BCUT2D eigenvalue weighted by Crippen LogP contribution is -2.48. The van der Waals surface area contributed by atoms with Crippen LogP contribution in [0.5, 0.6) is 0 Å². The normalized spacial score (nSPS) is 19.9. The van der Waals surface area contributed by atoms with Crippen molar-refractivity contribution < 1.29 is 29.0 Å². The van der Waals surface area contributed by atoms with Crippen LogP contribution in [0.1, 0.15) is 43.7 Å². The molecule has 0 saturated carbocycles. The molecule has 3 N–H and O–H groups in total. The number of carbonyl (C=O) groups excluding carboxylic acids is 2. The number of rotatable bonds is 8. The highest BCUT2D eigenvalue weighted by Crippen LogP contribution is 2.44. The molecule has 2 amide bonds. The summed E-state index contributed by atoms with van der Waals surface area (Å²) in [5.74, 6) is -1.77. The van der Waals surface area contributed by atoms with E-state index in [9.17, 15) is 19.5 Å². The molecule has 2 aliphatic rings. The summed E-state index contributed by atoms with van der Waals surface area (Å²) in [4.78, 5) is 36.1. The van der Waals surface area contributed by atoms with Gasteiger partial charge in [-0.2, -0.15) is 0 Å². The summed E-state index contributed by atoms with van der Waals surface area (Å²) in [6.45, 7) is 3.90. The second kappa shape index (κ2) is 10.3. The summed E-state index contributed by atoms with van der Waals surface area (Å²) in [7, 11) is 0. The number of alkyl carbamates (subject to hydrolysis) is 1. The van der Waals surface area contributed by atoms with Crippen molar-refractivity contribution in [1.82, 2.24) is 10.6 Å². The van der Waals surface area contributed by atoms with E-state index in [1.165, 1.54) is 11.1 Å². The van der Waals surface area contributed by atoms with Crippen LogP contribution in [0, 0.1) is 5.92 Å². The third-order valence-corrected chi connectivity index (χ3v) is 6.45. The summed E-state index contributed by atoms with van der Waals surface area (Å²) >= 11 is 0. The quantitative estimate of drug-likeness (QED) is 0.550. The van der Waals surface area contributed by atoms with Gasteiger partial charge in [0.2, 0.25) is 5.91 Å². The summed E-state index contributed by atoms with van der Waals surface area (Å²) in [5.41, 5.74) is 4.62. The molecule has 3 atom stereocenters. The first-order valence-corrected chi connectivity index (χ1v) is 11.6. The van der Waals surface area contributed by atoms with Crippen LogP contribution in [0.25, 0.3) is 11.1 Å². The predicted molar refractivity (Wildman–Crippen MR) is 125 cm³/mol. The zero-order valence-corrected chi connectivity index (χ0v) is 19.3. The number of carboxylic acid groups (broad SMARTS) is 1. The fourth-order valence-corrected chi connectivity index (χ4v) is 4.66. The molecular weight excluding hydrogens is 436 g/mol. The number of nitrogens with one attached hydrogen (secondary N) is 2. The van der Waals surface area contributed by atoms with Gasteiger partial charge in [-0.1, -0.05) is 62.4 Å². The number of amides is 2. The second-order valence-corrected chi connectivity index (χ2v) is 9.10. The van der Waals surface area contributed by atoms with Crippen LogP contribution < -0.4 is 10.6 Å². The molecule has 34 heavy (non-hydrogen) atoms. The van der Waals surface area contributed by atoms with Crippen molar-refractivity contribution in [3.63, 3.8) is 0 Å². The van der Waals surface area contributed by atoms with E-state index in [2.05, 4.69) is 34.9 Å². The molecule has 8 heteroatoms. The van der Waals surface area contributed by atoms with Crippen LogP contribution in [0.2, 0.25) is 0 Å². The van der Waals surface area contributed by atoms with Gasteiger partial charge in [0, 0.05) is 12.5 Å². The molecule has 1 saturated heterocycles. The van der Waals surface area contributed by atoms with Gasteiger partial charge in [-0.25, -0.2) is 9.59 Å². The predicted octanol–water partition coefficient (Wildman–Crippen LogP) is 3.30. The van der Waals surface area contributed by atoms with Gasteiger partial charge in [0.25, 0.3) is 0 Å². The lowest BCUT2D eigenvalue weighted by Gasteiger charge is -2.20. The molecule has 0 bridgehead atoms. The van der Waals surface area contributed by atoms with E-state index in [4.69, 9.17) is 9.47 Å². The first-order chi connectivity index (χ1) is 16.3. The van der Waals surface area contributed by atoms with Crippen molar-refractivity contribution in [2.24, 2.45) is 5.92 Å². The van der Waals surface area contributed by atoms with Gasteiger partial charge >= 0.3 is 12.1 Å². The van der Waals surface area contributed by atoms with Crippen molar-refractivity contribution in [2.45, 2.75) is 50.9 Å². The Kier molecular flexibility index (Phi) is 7.17. The van der Waals surface area contributed by atoms with E-state index in [0.717, 1.165) is 11.1 Å². The molecule has 1 heterocycles. The summed E-state index contributed by atoms with van der Waals surface area (Å²) < 4.78 is 11.3.